The van der Waals surface area contributed by atoms with Gasteiger partial charge >= 0.3 is 0 Å². The van der Waals surface area contributed by atoms with Crippen molar-refractivity contribution in [3.05, 3.63) is 29.1 Å². The Bertz CT molecular complexity index is 338. The minimum atomic E-state index is 0.650. The molecule has 0 unspecified atom stereocenters. The summed E-state index contributed by atoms with van der Waals surface area (Å²) in [6.45, 7) is 1.84. The molecular formula is C9H9N3. The van der Waals surface area contributed by atoms with Gasteiger partial charge < -0.3 is 5.32 Å². The van der Waals surface area contributed by atoms with Crippen molar-refractivity contribution in [1.29, 1.82) is 5.26 Å². The molecule has 0 amide bonds. The van der Waals surface area contributed by atoms with Crippen LogP contribution in [0.4, 0.5) is 0 Å². The molecule has 2 heterocycles. The molecule has 0 saturated carbocycles. The van der Waals surface area contributed by atoms with Crippen LogP contribution in [-0.4, -0.2) is 11.5 Å². The van der Waals surface area contributed by atoms with Crippen molar-refractivity contribution in [1.82, 2.24) is 10.3 Å². The lowest BCUT2D eigenvalue weighted by atomic mass is 10.1. The Hall–Kier alpha value is -1.40. The van der Waals surface area contributed by atoms with E-state index in [2.05, 4.69) is 16.4 Å². The zero-order valence-electron chi connectivity index (χ0n) is 6.67. The second kappa shape index (κ2) is 2.92. The lowest BCUT2D eigenvalue weighted by molar-refractivity contribution is 0.630. The van der Waals surface area contributed by atoms with Crippen molar-refractivity contribution >= 4 is 0 Å². The van der Waals surface area contributed by atoms with E-state index in [0.717, 1.165) is 25.2 Å². The van der Waals surface area contributed by atoms with E-state index in [1.54, 1.807) is 6.20 Å². The summed E-state index contributed by atoms with van der Waals surface area (Å²) in [6, 6.07) is 4.00. The van der Waals surface area contributed by atoms with Crippen LogP contribution in [0.25, 0.3) is 0 Å². The third-order valence-corrected chi connectivity index (χ3v) is 2.04. The number of rotatable bonds is 0. The largest absolute Gasteiger partial charge is 0.312 e. The molecule has 1 aliphatic heterocycles. The molecule has 0 aromatic carbocycles. The van der Waals surface area contributed by atoms with Gasteiger partial charge in [-0.15, -0.1) is 0 Å². The summed E-state index contributed by atoms with van der Waals surface area (Å²) in [4.78, 5) is 4.23. The Labute approximate surface area is 71.0 Å². The highest BCUT2D eigenvalue weighted by Gasteiger charge is 2.09. The highest BCUT2D eigenvalue weighted by atomic mass is 14.9. The van der Waals surface area contributed by atoms with Gasteiger partial charge in [0.2, 0.25) is 0 Å². The average molecular weight is 159 g/mol. The average Bonchev–Trinajstić information content (AvgIpc) is 2.17. The van der Waals surface area contributed by atoms with Crippen molar-refractivity contribution in [2.24, 2.45) is 0 Å². The van der Waals surface area contributed by atoms with E-state index in [0.29, 0.717) is 5.56 Å². The van der Waals surface area contributed by atoms with Crippen molar-refractivity contribution in [2.45, 2.75) is 13.0 Å². The predicted molar refractivity (Wildman–Crippen MR) is 44.4 cm³/mol. The lowest BCUT2D eigenvalue weighted by Gasteiger charge is -2.15. The van der Waals surface area contributed by atoms with Gasteiger partial charge in [0.1, 0.15) is 6.07 Å². The number of hydrogen-bond donors (Lipinski definition) is 1. The first kappa shape index (κ1) is 7.26. The number of aromatic nitrogens is 1. The Morgan fingerprint density at radius 3 is 3.33 bits per heavy atom. The number of nitrogens with one attached hydrogen (secondary N) is 1. The molecule has 1 N–H and O–H groups in total. The molecular weight excluding hydrogens is 150 g/mol. The molecule has 2 rings (SSSR count). The van der Waals surface area contributed by atoms with E-state index in [1.807, 2.05) is 6.07 Å². The number of hydrogen-bond acceptors (Lipinski definition) is 3. The molecule has 1 aromatic rings. The van der Waals surface area contributed by atoms with E-state index in [1.165, 1.54) is 5.56 Å². The highest BCUT2D eigenvalue weighted by Crippen LogP contribution is 2.11. The van der Waals surface area contributed by atoms with Gasteiger partial charge in [-0.05, 0) is 11.6 Å². The first-order chi connectivity index (χ1) is 5.90. The minimum Gasteiger partial charge on any atom is -0.312 e. The van der Waals surface area contributed by atoms with Gasteiger partial charge in [-0.3, -0.25) is 4.98 Å². The summed E-state index contributed by atoms with van der Waals surface area (Å²) in [6.07, 6.45) is 2.62. The van der Waals surface area contributed by atoms with Crippen LogP contribution in [0.1, 0.15) is 16.8 Å². The number of fused-ring (bicyclic) bond motifs is 1. The van der Waals surface area contributed by atoms with Crippen molar-refractivity contribution in [3.8, 4) is 6.07 Å². The summed E-state index contributed by atoms with van der Waals surface area (Å²) < 4.78 is 0. The maximum atomic E-state index is 8.63. The third kappa shape index (κ3) is 1.17. The Morgan fingerprint density at radius 1 is 1.58 bits per heavy atom. The fraction of sp³-hybridized carbons (Fsp3) is 0.333. The number of nitriles is 1. The Kier molecular flexibility index (Phi) is 1.77. The minimum absolute atomic E-state index is 0.650. The molecule has 0 atom stereocenters. The summed E-state index contributed by atoms with van der Waals surface area (Å²) >= 11 is 0. The second-order valence-electron chi connectivity index (χ2n) is 2.87. The predicted octanol–water partition coefficient (Wildman–Crippen LogP) is 0.599. The fourth-order valence-electron chi connectivity index (χ4n) is 1.41. The monoisotopic (exact) mass is 159 g/mol. The molecule has 0 radical (unpaired) electrons. The van der Waals surface area contributed by atoms with Crippen LogP contribution < -0.4 is 5.32 Å². The van der Waals surface area contributed by atoms with E-state index in [-0.39, 0.29) is 0 Å². The van der Waals surface area contributed by atoms with Crippen LogP contribution in [0, 0.1) is 11.3 Å². The normalized spacial score (nSPS) is 14.9. The zero-order chi connectivity index (χ0) is 8.39. The zero-order valence-corrected chi connectivity index (χ0v) is 6.67. The number of pyridine rings is 1. The maximum absolute atomic E-state index is 8.63. The summed E-state index contributed by atoms with van der Waals surface area (Å²) in [7, 11) is 0. The SMILES string of the molecule is N#Cc1cnc2c(c1)CNCC2. The maximum Gasteiger partial charge on any atom is 0.101 e. The van der Waals surface area contributed by atoms with Crippen molar-refractivity contribution in [2.75, 3.05) is 6.54 Å². The molecule has 1 aliphatic rings. The molecule has 3 nitrogen and oxygen atoms in total. The third-order valence-electron chi connectivity index (χ3n) is 2.04. The molecule has 12 heavy (non-hydrogen) atoms. The van der Waals surface area contributed by atoms with E-state index >= 15 is 0 Å². The molecule has 1 aromatic heterocycles. The van der Waals surface area contributed by atoms with E-state index in [4.69, 9.17) is 5.26 Å². The first-order valence-electron chi connectivity index (χ1n) is 3.99. The van der Waals surface area contributed by atoms with Crippen LogP contribution in [-0.2, 0) is 13.0 Å². The molecule has 60 valence electrons. The molecule has 0 bridgehead atoms. The Morgan fingerprint density at radius 2 is 2.50 bits per heavy atom. The van der Waals surface area contributed by atoms with Crippen LogP contribution in [0.15, 0.2) is 12.3 Å². The van der Waals surface area contributed by atoms with Gasteiger partial charge in [-0.25, -0.2) is 0 Å². The summed E-state index contributed by atoms with van der Waals surface area (Å²) in [5, 5.41) is 11.9. The van der Waals surface area contributed by atoms with Crippen LogP contribution >= 0.6 is 0 Å². The fourth-order valence-corrected chi connectivity index (χ4v) is 1.41. The Balaban J connectivity index is 2.44. The van der Waals surface area contributed by atoms with Crippen molar-refractivity contribution in [3.63, 3.8) is 0 Å². The van der Waals surface area contributed by atoms with E-state index < -0.39 is 0 Å². The topological polar surface area (TPSA) is 48.7 Å². The van der Waals surface area contributed by atoms with Gasteiger partial charge in [0.15, 0.2) is 0 Å². The second-order valence-corrected chi connectivity index (χ2v) is 2.87. The smallest absolute Gasteiger partial charge is 0.101 e. The first-order valence-corrected chi connectivity index (χ1v) is 3.99. The lowest BCUT2D eigenvalue weighted by Crippen LogP contribution is -2.24. The van der Waals surface area contributed by atoms with Gasteiger partial charge in [0.05, 0.1) is 5.56 Å². The van der Waals surface area contributed by atoms with Gasteiger partial charge in [0, 0.05) is 31.4 Å². The van der Waals surface area contributed by atoms with Crippen LogP contribution in [0.5, 0.6) is 0 Å². The highest BCUT2D eigenvalue weighted by molar-refractivity contribution is 5.33. The van der Waals surface area contributed by atoms with Gasteiger partial charge in [-0.2, -0.15) is 5.26 Å². The van der Waals surface area contributed by atoms with Gasteiger partial charge in [0.25, 0.3) is 0 Å². The number of nitrogens with zero attached hydrogens (tertiary/aromatic N) is 2. The van der Waals surface area contributed by atoms with Crippen LogP contribution in [0.3, 0.4) is 0 Å². The van der Waals surface area contributed by atoms with Gasteiger partial charge in [-0.1, -0.05) is 0 Å². The quantitative estimate of drug-likeness (QED) is 0.603. The molecule has 0 aliphatic carbocycles. The van der Waals surface area contributed by atoms with Crippen molar-refractivity contribution < 1.29 is 0 Å². The van der Waals surface area contributed by atoms with Crippen LogP contribution in [0.2, 0.25) is 0 Å². The molecule has 0 spiro atoms. The molecule has 0 saturated heterocycles. The standard InChI is InChI=1S/C9H9N3/c10-4-7-3-8-6-11-2-1-9(8)12-5-7/h3,5,11H,1-2,6H2. The summed E-state index contributed by atoms with van der Waals surface area (Å²) in [5.41, 5.74) is 2.95. The molecule has 3 heteroatoms. The summed E-state index contributed by atoms with van der Waals surface area (Å²) in [5.74, 6) is 0. The van der Waals surface area contributed by atoms with E-state index in [9.17, 15) is 0 Å². The molecule has 0 fully saturated rings.